The van der Waals surface area contributed by atoms with E-state index in [1.807, 2.05) is 45.3 Å². The van der Waals surface area contributed by atoms with Gasteiger partial charge >= 0.3 is 0 Å². The van der Waals surface area contributed by atoms with Gasteiger partial charge in [-0.3, -0.25) is 0 Å². The normalized spacial score (nSPS) is 13.6. The van der Waals surface area contributed by atoms with Gasteiger partial charge in [0, 0.05) is 19.7 Å². The van der Waals surface area contributed by atoms with Gasteiger partial charge in [-0.15, -0.1) is 0 Å². The fraction of sp³-hybridized carbons (Fsp3) is 0.318. The number of hydrogen-bond donors (Lipinski definition) is 3. The molecular formula is C22H28N4O. The smallest absolute Gasteiger partial charge is 0.122 e. The second-order valence-corrected chi connectivity index (χ2v) is 7.03. The maximum Gasteiger partial charge on any atom is 0.122 e. The standard InChI is InChI=1S/C22H28N4O/c1-15-13-17(20(23)11-12-25-2)9-10-22(15)27-14-19-18(16-7-8-16)5-4-6-21(19)26(3)24/h4-6,9-13,16,23,25H,7-8,14,24H2,1-3H3/b12-11-,23-20?. The molecule has 0 aliphatic heterocycles. The van der Waals surface area contributed by atoms with Crippen LogP contribution in [0.5, 0.6) is 5.75 Å². The quantitative estimate of drug-likeness (QED) is 0.378. The molecule has 2 aromatic rings. The van der Waals surface area contributed by atoms with E-state index in [2.05, 4.69) is 17.4 Å². The molecule has 1 aliphatic rings. The van der Waals surface area contributed by atoms with E-state index in [9.17, 15) is 0 Å². The molecule has 3 rings (SSSR count). The monoisotopic (exact) mass is 364 g/mol. The maximum absolute atomic E-state index is 8.11. The lowest BCUT2D eigenvalue weighted by atomic mass is 10.0. The molecule has 1 saturated carbocycles. The molecule has 0 bridgehead atoms. The van der Waals surface area contributed by atoms with Gasteiger partial charge in [0.05, 0.1) is 11.4 Å². The molecule has 2 aromatic carbocycles. The number of nitrogens with zero attached hydrogens (tertiary/aromatic N) is 1. The van der Waals surface area contributed by atoms with Gasteiger partial charge in [0.25, 0.3) is 0 Å². The third kappa shape index (κ3) is 4.49. The number of nitrogens with one attached hydrogen (secondary N) is 2. The number of anilines is 1. The summed E-state index contributed by atoms with van der Waals surface area (Å²) in [5.74, 6) is 7.50. The first-order valence-corrected chi connectivity index (χ1v) is 9.27. The minimum Gasteiger partial charge on any atom is -0.489 e. The molecule has 0 saturated heterocycles. The lowest BCUT2D eigenvalue weighted by Gasteiger charge is -2.21. The number of aryl methyl sites for hydroxylation is 1. The Kier molecular flexibility index (Phi) is 5.81. The highest BCUT2D eigenvalue weighted by molar-refractivity contribution is 6.06. The van der Waals surface area contributed by atoms with Gasteiger partial charge in [-0.25, -0.2) is 5.84 Å². The van der Waals surface area contributed by atoms with Gasteiger partial charge < -0.3 is 20.5 Å². The summed E-state index contributed by atoms with van der Waals surface area (Å²) in [5.41, 5.74) is 5.86. The van der Waals surface area contributed by atoms with Crippen molar-refractivity contribution in [3.63, 3.8) is 0 Å². The first-order valence-electron chi connectivity index (χ1n) is 9.27. The number of hydrogen-bond acceptors (Lipinski definition) is 5. The number of nitrogens with two attached hydrogens (primary N) is 1. The zero-order chi connectivity index (χ0) is 19.4. The van der Waals surface area contributed by atoms with Gasteiger partial charge in [-0.05, 0) is 78.9 Å². The predicted molar refractivity (Wildman–Crippen MR) is 112 cm³/mol. The van der Waals surface area contributed by atoms with Crippen LogP contribution in [-0.2, 0) is 6.61 Å². The van der Waals surface area contributed by atoms with E-state index in [-0.39, 0.29) is 0 Å². The molecule has 5 nitrogen and oxygen atoms in total. The molecule has 0 aromatic heterocycles. The number of ether oxygens (including phenoxy) is 1. The highest BCUT2D eigenvalue weighted by Gasteiger charge is 2.27. The van der Waals surface area contributed by atoms with Crippen LogP contribution in [0.25, 0.3) is 0 Å². The Bertz CT molecular complexity index is 833. The van der Waals surface area contributed by atoms with Gasteiger partial charge in [-0.1, -0.05) is 12.1 Å². The molecule has 0 spiro atoms. The fourth-order valence-corrected chi connectivity index (χ4v) is 3.25. The van der Waals surface area contributed by atoms with Gasteiger partial charge in [-0.2, -0.15) is 0 Å². The molecule has 0 unspecified atom stereocenters. The summed E-state index contributed by atoms with van der Waals surface area (Å²) in [6, 6.07) is 12.1. The van der Waals surface area contributed by atoms with Crippen molar-refractivity contribution in [1.82, 2.24) is 5.32 Å². The van der Waals surface area contributed by atoms with Crippen molar-refractivity contribution in [3.05, 3.63) is 70.9 Å². The Morgan fingerprint density at radius 2 is 2.11 bits per heavy atom. The van der Waals surface area contributed by atoms with Crippen molar-refractivity contribution >= 4 is 11.4 Å². The topological polar surface area (TPSA) is 74.4 Å². The van der Waals surface area contributed by atoms with E-state index in [0.717, 1.165) is 28.1 Å². The Morgan fingerprint density at radius 1 is 1.33 bits per heavy atom. The van der Waals surface area contributed by atoms with E-state index in [1.165, 1.54) is 18.4 Å². The van der Waals surface area contributed by atoms with Crippen LogP contribution in [0.2, 0.25) is 0 Å². The van der Waals surface area contributed by atoms with Crippen molar-refractivity contribution in [2.24, 2.45) is 5.84 Å². The van der Waals surface area contributed by atoms with Gasteiger partial charge in [0.2, 0.25) is 0 Å². The zero-order valence-corrected chi connectivity index (χ0v) is 16.3. The molecule has 0 atom stereocenters. The Hall–Kier alpha value is -2.79. The van der Waals surface area contributed by atoms with Gasteiger partial charge in [0.1, 0.15) is 12.4 Å². The summed E-state index contributed by atoms with van der Waals surface area (Å²) in [4.78, 5) is 0. The summed E-state index contributed by atoms with van der Waals surface area (Å²) in [6.07, 6.45) is 5.97. The molecule has 1 aliphatic carbocycles. The van der Waals surface area contributed by atoms with Crippen LogP contribution in [0.4, 0.5) is 5.69 Å². The van der Waals surface area contributed by atoms with E-state index < -0.39 is 0 Å². The fourth-order valence-electron chi connectivity index (χ4n) is 3.25. The largest absolute Gasteiger partial charge is 0.489 e. The lowest BCUT2D eigenvalue weighted by molar-refractivity contribution is 0.303. The molecule has 4 N–H and O–H groups in total. The third-order valence-electron chi connectivity index (χ3n) is 4.86. The van der Waals surface area contributed by atoms with E-state index in [4.69, 9.17) is 16.0 Å². The average molecular weight is 364 g/mol. The van der Waals surface area contributed by atoms with E-state index in [0.29, 0.717) is 18.2 Å². The third-order valence-corrected chi connectivity index (χ3v) is 4.86. The van der Waals surface area contributed by atoms with E-state index in [1.54, 1.807) is 17.3 Å². The maximum atomic E-state index is 8.11. The summed E-state index contributed by atoms with van der Waals surface area (Å²) >= 11 is 0. The number of benzene rings is 2. The van der Waals surface area contributed by atoms with Crippen molar-refractivity contribution in [3.8, 4) is 5.75 Å². The van der Waals surface area contributed by atoms with Crippen LogP contribution >= 0.6 is 0 Å². The van der Waals surface area contributed by atoms with Crippen LogP contribution in [-0.4, -0.2) is 19.8 Å². The summed E-state index contributed by atoms with van der Waals surface area (Å²) in [7, 11) is 3.68. The van der Waals surface area contributed by atoms with Crippen molar-refractivity contribution in [2.75, 3.05) is 19.1 Å². The second kappa shape index (κ2) is 8.27. The van der Waals surface area contributed by atoms with Crippen molar-refractivity contribution in [2.45, 2.75) is 32.3 Å². The second-order valence-electron chi connectivity index (χ2n) is 7.03. The Labute approximate surface area is 161 Å². The minimum absolute atomic E-state index is 0.463. The molecule has 142 valence electrons. The van der Waals surface area contributed by atoms with Crippen LogP contribution in [0.3, 0.4) is 0 Å². The Morgan fingerprint density at radius 3 is 2.74 bits per heavy atom. The summed E-state index contributed by atoms with van der Waals surface area (Å²) in [6.45, 7) is 2.50. The first-order chi connectivity index (χ1) is 13.0. The zero-order valence-electron chi connectivity index (χ0n) is 16.3. The highest BCUT2D eigenvalue weighted by Crippen LogP contribution is 2.43. The summed E-state index contributed by atoms with van der Waals surface area (Å²) in [5, 5.41) is 12.7. The minimum atomic E-state index is 0.463. The molecule has 0 amide bonds. The number of allylic oxidation sites excluding steroid dienone is 1. The molecule has 0 radical (unpaired) electrons. The van der Waals surface area contributed by atoms with E-state index >= 15 is 0 Å². The van der Waals surface area contributed by atoms with Crippen LogP contribution < -0.4 is 20.9 Å². The Balaban J connectivity index is 1.79. The molecule has 0 heterocycles. The highest BCUT2D eigenvalue weighted by atomic mass is 16.5. The van der Waals surface area contributed by atoms with Crippen molar-refractivity contribution < 1.29 is 4.74 Å². The first kappa shape index (κ1) is 19.0. The predicted octanol–water partition coefficient (Wildman–Crippen LogP) is 3.86. The molecule has 1 fully saturated rings. The molecule has 27 heavy (non-hydrogen) atoms. The number of hydrazine groups is 1. The number of rotatable bonds is 8. The molecule has 5 heteroatoms. The SMILES string of the molecule is CN/C=C\C(=N)c1ccc(OCc2c(C3CC3)cccc2N(C)N)c(C)c1. The van der Waals surface area contributed by atoms with Crippen LogP contribution in [0.15, 0.2) is 48.7 Å². The average Bonchev–Trinajstić information content (AvgIpc) is 3.49. The van der Waals surface area contributed by atoms with Crippen molar-refractivity contribution in [1.29, 1.82) is 5.41 Å². The molecular weight excluding hydrogens is 336 g/mol. The van der Waals surface area contributed by atoms with Gasteiger partial charge in [0.15, 0.2) is 0 Å². The summed E-state index contributed by atoms with van der Waals surface area (Å²) < 4.78 is 6.17. The van der Waals surface area contributed by atoms with Crippen LogP contribution in [0.1, 0.15) is 41.0 Å². The lowest BCUT2D eigenvalue weighted by Crippen LogP contribution is -2.27. The van der Waals surface area contributed by atoms with Crippen LogP contribution in [0, 0.1) is 12.3 Å².